The minimum absolute atomic E-state index is 0.360. The molecule has 0 bridgehead atoms. The van der Waals surface area contributed by atoms with Crippen LogP contribution >= 0.6 is 0 Å². The highest BCUT2D eigenvalue weighted by Crippen LogP contribution is 2.20. The van der Waals surface area contributed by atoms with Crippen LogP contribution in [0, 0.1) is 11.8 Å². The molecular formula is C14H16. The maximum absolute atomic E-state index is 3.74. The third-order valence-corrected chi connectivity index (χ3v) is 2.18. The van der Waals surface area contributed by atoms with Crippen LogP contribution < -0.4 is 0 Å². The van der Waals surface area contributed by atoms with E-state index in [1.54, 1.807) is 0 Å². The van der Waals surface area contributed by atoms with Gasteiger partial charge in [0.05, 0.1) is 0 Å². The Morgan fingerprint density at radius 1 is 1.36 bits per heavy atom. The summed E-state index contributed by atoms with van der Waals surface area (Å²) in [6.07, 6.45) is 4.04. The molecule has 1 aromatic rings. The summed E-state index contributed by atoms with van der Waals surface area (Å²) in [5.41, 5.74) is 1.31. The van der Waals surface area contributed by atoms with Gasteiger partial charge in [-0.2, -0.15) is 0 Å². The predicted molar refractivity (Wildman–Crippen MR) is 62.1 cm³/mol. The third-order valence-electron chi connectivity index (χ3n) is 2.18. The number of benzene rings is 1. The van der Waals surface area contributed by atoms with Crippen LogP contribution in [0.25, 0.3) is 0 Å². The van der Waals surface area contributed by atoms with E-state index < -0.39 is 0 Å². The zero-order valence-electron chi connectivity index (χ0n) is 8.66. The number of allylic oxidation sites excluding steroid dienone is 1. The van der Waals surface area contributed by atoms with Crippen LogP contribution in [0.4, 0.5) is 0 Å². The third kappa shape index (κ3) is 3.11. The van der Waals surface area contributed by atoms with E-state index in [0.717, 1.165) is 12.8 Å². The van der Waals surface area contributed by atoms with Crippen LogP contribution in [0.3, 0.4) is 0 Å². The Kier molecular flexibility index (Phi) is 4.58. The summed E-state index contributed by atoms with van der Waals surface area (Å²) in [6, 6.07) is 10.4. The largest absolute Gasteiger partial charge is 0.106 e. The normalized spacial score (nSPS) is 11.2. The molecule has 0 aliphatic carbocycles. The molecule has 0 aliphatic heterocycles. The van der Waals surface area contributed by atoms with Crippen LogP contribution in [0.1, 0.15) is 31.2 Å². The lowest BCUT2D eigenvalue weighted by atomic mass is 9.95. The molecule has 0 heteroatoms. The SMILES string of the molecule is C=CCCC(C#CC)c1ccccc1. The quantitative estimate of drug-likeness (QED) is 0.493. The molecule has 0 saturated carbocycles. The van der Waals surface area contributed by atoms with Crippen LogP contribution in [0.5, 0.6) is 0 Å². The van der Waals surface area contributed by atoms with Gasteiger partial charge in [-0.15, -0.1) is 12.5 Å². The fraction of sp³-hybridized carbons (Fsp3) is 0.286. The zero-order chi connectivity index (χ0) is 10.2. The van der Waals surface area contributed by atoms with Crippen molar-refractivity contribution in [1.29, 1.82) is 0 Å². The van der Waals surface area contributed by atoms with E-state index in [1.807, 2.05) is 19.1 Å². The average molecular weight is 184 g/mol. The maximum Gasteiger partial charge on any atom is 0.0455 e. The number of hydrogen-bond acceptors (Lipinski definition) is 0. The molecule has 0 spiro atoms. The summed E-state index contributed by atoms with van der Waals surface area (Å²) in [5.74, 6) is 6.59. The summed E-state index contributed by atoms with van der Waals surface area (Å²) in [7, 11) is 0. The topological polar surface area (TPSA) is 0 Å². The van der Waals surface area contributed by atoms with Crippen LogP contribution in [-0.2, 0) is 0 Å². The first-order valence-corrected chi connectivity index (χ1v) is 4.96. The molecular weight excluding hydrogens is 168 g/mol. The molecule has 0 fully saturated rings. The second-order valence-corrected chi connectivity index (χ2v) is 3.22. The van der Waals surface area contributed by atoms with Crippen LogP contribution in [-0.4, -0.2) is 0 Å². The monoisotopic (exact) mass is 184 g/mol. The summed E-state index contributed by atoms with van der Waals surface area (Å²) < 4.78 is 0. The molecule has 0 amide bonds. The molecule has 0 heterocycles. The van der Waals surface area contributed by atoms with E-state index in [1.165, 1.54) is 5.56 Å². The summed E-state index contributed by atoms with van der Waals surface area (Å²) in [4.78, 5) is 0. The zero-order valence-corrected chi connectivity index (χ0v) is 8.66. The molecule has 14 heavy (non-hydrogen) atoms. The minimum Gasteiger partial charge on any atom is -0.106 e. The smallest absolute Gasteiger partial charge is 0.0455 e. The van der Waals surface area contributed by atoms with Gasteiger partial charge in [0, 0.05) is 5.92 Å². The molecule has 0 aliphatic rings. The lowest BCUT2D eigenvalue weighted by molar-refractivity contribution is 0.771. The average Bonchev–Trinajstić information content (AvgIpc) is 2.25. The van der Waals surface area contributed by atoms with Gasteiger partial charge < -0.3 is 0 Å². The molecule has 0 nitrogen and oxygen atoms in total. The van der Waals surface area contributed by atoms with Gasteiger partial charge in [-0.05, 0) is 25.3 Å². The van der Waals surface area contributed by atoms with Crippen molar-refractivity contribution in [3.05, 3.63) is 48.6 Å². The molecule has 0 aromatic heterocycles. The Morgan fingerprint density at radius 2 is 2.07 bits per heavy atom. The fourth-order valence-electron chi connectivity index (χ4n) is 1.47. The minimum atomic E-state index is 0.360. The predicted octanol–water partition coefficient (Wildman–Crippen LogP) is 3.76. The first-order valence-electron chi connectivity index (χ1n) is 4.96. The van der Waals surface area contributed by atoms with Crippen LogP contribution in [0.2, 0.25) is 0 Å². The van der Waals surface area contributed by atoms with Gasteiger partial charge in [-0.3, -0.25) is 0 Å². The van der Waals surface area contributed by atoms with Gasteiger partial charge in [0.15, 0.2) is 0 Å². The van der Waals surface area contributed by atoms with Crippen molar-refractivity contribution in [2.45, 2.75) is 25.7 Å². The lowest BCUT2D eigenvalue weighted by Crippen LogP contribution is -1.94. The van der Waals surface area contributed by atoms with Gasteiger partial charge in [0.2, 0.25) is 0 Å². The molecule has 0 N–H and O–H groups in total. The van der Waals surface area contributed by atoms with Gasteiger partial charge in [0.1, 0.15) is 0 Å². The first-order chi connectivity index (χ1) is 6.88. The Bertz CT molecular complexity index is 324. The van der Waals surface area contributed by atoms with E-state index in [4.69, 9.17) is 0 Å². The highest BCUT2D eigenvalue weighted by atomic mass is 14.1. The Morgan fingerprint density at radius 3 is 2.64 bits per heavy atom. The molecule has 72 valence electrons. The maximum atomic E-state index is 3.74. The molecule has 1 rings (SSSR count). The van der Waals surface area contributed by atoms with Crippen molar-refractivity contribution in [1.82, 2.24) is 0 Å². The Hall–Kier alpha value is -1.48. The Balaban J connectivity index is 2.76. The van der Waals surface area contributed by atoms with Crippen molar-refractivity contribution < 1.29 is 0 Å². The van der Waals surface area contributed by atoms with E-state index in [-0.39, 0.29) is 0 Å². The lowest BCUT2D eigenvalue weighted by Gasteiger charge is -2.09. The van der Waals surface area contributed by atoms with Crippen molar-refractivity contribution in [3.63, 3.8) is 0 Å². The van der Waals surface area contributed by atoms with E-state index in [0.29, 0.717) is 5.92 Å². The summed E-state index contributed by atoms with van der Waals surface area (Å²) in [5, 5.41) is 0. The molecule has 1 atom stereocenters. The molecule has 0 saturated heterocycles. The summed E-state index contributed by atoms with van der Waals surface area (Å²) >= 11 is 0. The van der Waals surface area contributed by atoms with Gasteiger partial charge in [-0.25, -0.2) is 0 Å². The number of rotatable bonds is 4. The standard InChI is InChI=1S/C14H16/c1-3-5-10-13(9-4-2)14-11-7-6-8-12-14/h3,6-8,11-13H,1,5,10H2,2H3. The first kappa shape index (κ1) is 10.6. The van der Waals surface area contributed by atoms with E-state index >= 15 is 0 Å². The van der Waals surface area contributed by atoms with Gasteiger partial charge in [0.25, 0.3) is 0 Å². The fourth-order valence-corrected chi connectivity index (χ4v) is 1.47. The summed E-state index contributed by atoms with van der Waals surface area (Å²) in [6.45, 7) is 5.63. The van der Waals surface area contributed by atoms with E-state index in [9.17, 15) is 0 Å². The Labute approximate surface area is 86.7 Å². The molecule has 1 unspecified atom stereocenters. The van der Waals surface area contributed by atoms with E-state index in [2.05, 4.69) is 42.7 Å². The molecule has 1 aromatic carbocycles. The van der Waals surface area contributed by atoms with Gasteiger partial charge in [-0.1, -0.05) is 42.3 Å². The highest BCUT2D eigenvalue weighted by Gasteiger charge is 2.05. The second-order valence-electron chi connectivity index (χ2n) is 3.22. The van der Waals surface area contributed by atoms with Crippen molar-refractivity contribution in [3.8, 4) is 11.8 Å². The number of hydrogen-bond donors (Lipinski definition) is 0. The van der Waals surface area contributed by atoms with Crippen molar-refractivity contribution in [2.24, 2.45) is 0 Å². The second kappa shape index (κ2) is 6.05. The van der Waals surface area contributed by atoms with Crippen molar-refractivity contribution >= 4 is 0 Å². The van der Waals surface area contributed by atoms with Crippen molar-refractivity contribution in [2.75, 3.05) is 0 Å². The van der Waals surface area contributed by atoms with Gasteiger partial charge >= 0.3 is 0 Å². The molecule has 0 radical (unpaired) electrons. The highest BCUT2D eigenvalue weighted by molar-refractivity contribution is 5.27. The van der Waals surface area contributed by atoms with Crippen LogP contribution in [0.15, 0.2) is 43.0 Å².